The Balaban J connectivity index is 1.91. The Bertz CT molecular complexity index is 712. The predicted molar refractivity (Wildman–Crippen MR) is 75.1 cm³/mol. The van der Waals surface area contributed by atoms with Crippen LogP contribution in [0.15, 0.2) is 48.8 Å². The molecule has 1 aromatic carbocycles. The topological polar surface area (TPSA) is 33.6 Å². The zero-order valence-electron chi connectivity index (χ0n) is 9.84. The van der Waals surface area contributed by atoms with Gasteiger partial charge >= 0.3 is 0 Å². The van der Waals surface area contributed by atoms with Crippen molar-refractivity contribution in [1.29, 1.82) is 0 Å². The number of H-pyrrole nitrogens is 1. The Kier molecular flexibility index (Phi) is 2.94. The van der Waals surface area contributed by atoms with Crippen LogP contribution in [-0.2, 0) is 13.0 Å². The molecule has 0 radical (unpaired) electrons. The summed E-state index contributed by atoms with van der Waals surface area (Å²) in [5.41, 5.74) is 3.43. The molecule has 0 aliphatic rings. The van der Waals surface area contributed by atoms with Gasteiger partial charge in [0, 0.05) is 12.7 Å². The molecule has 2 heterocycles. The molecule has 0 saturated heterocycles. The molecular weight excluding hydrogens is 242 g/mol. The van der Waals surface area contributed by atoms with Crippen molar-refractivity contribution in [2.24, 2.45) is 0 Å². The molecule has 0 spiro atoms. The number of hydrogen-bond donors (Lipinski definition) is 1. The van der Waals surface area contributed by atoms with Crippen molar-refractivity contribution in [3.05, 3.63) is 59.1 Å². The lowest BCUT2D eigenvalue weighted by Crippen LogP contribution is -2.01. The number of imidazole rings is 1. The van der Waals surface area contributed by atoms with Crippen molar-refractivity contribution in [3.8, 4) is 0 Å². The Labute approximate surface area is 110 Å². The van der Waals surface area contributed by atoms with E-state index in [4.69, 9.17) is 12.2 Å². The average molecular weight is 255 g/mol. The molecule has 0 aliphatic carbocycles. The molecule has 0 atom stereocenters. The molecule has 90 valence electrons. The zero-order valence-corrected chi connectivity index (χ0v) is 10.7. The molecule has 0 fully saturated rings. The number of hydrogen-bond acceptors (Lipinski definition) is 2. The summed E-state index contributed by atoms with van der Waals surface area (Å²) in [6.45, 7) is 0.882. The van der Waals surface area contributed by atoms with Crippen molar-refractivity contribution in [3.63, 3.8) is 0 Å². The van der Waals surface area contributed by atoms with Crippen LogP contribution in [0.1, 0.15) is 5.56 Å². The van der Waals surface area contributed by atoms with E-state index in [0.717, 1.165) is 28.8 Å². The lowest BCUT2D eigenvalue weighted by Gasteiger charge is -2.04. The van der Waals surface area contributed by atoms with Gasteiger partial charge in [-0.3, -0.25) is 4.98 Å². The van der Waals surface area contributed by atoms with Gasteiger partial charge in [0.1, 0.15) is 0 Å². The summed E-state index contributed by atoms with van der Waals surface area (Å²) in [4.78, 5) is 7.27. The molecule has 1 N–H and O–H groups in total. The maximum atomic E-state index is 5.35. The third kappa shape index (κ3) is 2.07. The Morgan fingerprint density at radius 3 is 2.83 bits per heavy atom. The van der Waals surface area contributed by atoms with Crippen molar-refractivity contribution >= 4 is 23.3 Å². The molecule has 0 aliphatic heterocycles. The fourth-order valence-corrected chi connectivity index (χ4v) is 2.42. The Morgan fingerprint density at radius 1 is 1.17 bits per heavy atom. The minimum Gasteiger partial charge on any atom is -0.329 e. The van der Waals surface area contributed by atoms with E-state index in [1.165, 1.54) is 5.56 Å². The number of benzene rings is 1. The molecule has 0 saturated carbocycles. The first kappa shape index (κ1) is 11.2. The second-order valence-corrected chi connectivity index (χ2v) is 4.60. The minimum atomic E-state index is 0.758. The summed E-state index contributed by atoms with van der Waals surface area (Å²) in [6, 6.07) is 12.4. The first-order valence-electron chi connectivity index (χ1n) is 5.91. The SMILES string of the molecule is S=c1[nH]c2cnccc2n1CCc1ccccc1. The van der Waals surface area contributed by atoms with E-state index >= 15 is 0 Å². The molecule has 4 heteroatoms. The molecule has 3 aromatic rings. The summed E-state index contributed by atoms with van der Waals surface area (Å²) in [6.07, 6.45) is 4.58. The largest absolute Gasteiger partial charge is 0.329 e. The molecule has 0 bridgehead atoms. The standard InChI is InChI=1S/C14H13N3S/c18-14-16-12-10-15-8-6-13(12)17(14)9-7-11-4-2-1-3-5-11/h1-6,8,10H,7,9H2,(H,16,18). The molecule has 3 nitrogen and oxygen atoms in total. The fourth-order valence-electron chi connectivity index (χ4n) is 2.12. The van der Waals surface area contributed by atoms with E-state index in [9.17, 15) is 0 Å². The van der Waals surface area contributed by atoms with Crippen LogP contribution in [0, 0.1) is 4.77 Å². The van der Waals surface area contributed by atoms with E-state index < -0.39 is 0 Å². The van der Waals surface area contributed by atoms with E-state index in [0.29, 0.717) is 0 Å². The summed E-state index contributed by atoms with van der Waals surface area (Å²) < 4.78 is 2.88. The number of nitrogens with zero attached hydrogens (tertiary/aromatic N) is 2. The number of pyridine rings is 1. The van der Waals surface area contributed by atoms with Crippen molar-refractivity contribution < 1.29 is 0 Å². The quantitative estimate of drug-likeness (QED) is 0.728. The lowest BCUT2D eigenvalue weighted by atomic mass is 10.1. The Hall–Kier alpha value is -1.94. The van der Waals surface area contributed by atoms with E-state index in [1.54, 1.807) is 6.20 Å². The van der Waals surface area contributed by atoms with Crippen molar-refractivity contribution in [2.45, 2.75) is 13.0 Å². The highest BCUT2D eigenvalue weighted by molar-refractivity contribution is 7.71. The normalized spacial score (nSPS) is 10.9. The third-order valence-corrected chi connectivity index (χ3v) is 3.36. The van der Waals surface area contributed by atoms with Gasteiger partial charge < -0.3 is 9.55 Å². The van der Waals surface area contributed by atoms with Gasteiger partial charge in [0.05, 0.1) is 17.2 Å². The molecule has 2 aromatic heterocycles. The molecule has 3 rings (SSSR count). The number of fused-ring (bicyclic) bond motifs is 1. The maximum Gasteiger partial charge on any atom is 0.178 e. The number of rotatable bonds is 3. The van der Waals surface area contributed by atoms with Crippen molar-refractivity contribution in [1.82, 2.24) is 14.5 Å². The number of aryl methyl sites for hydroxylation is 2. The fraction of sp³-hybridized carbons (Fsp3) is 0.143. The molecule has 18 heavy (non-hydrogen) atoms. The molecule has 0 unspecified atom stereocenters. The monoisotopic (exact) mass is 255 g/mol. The van der Waals surface area contributed by atoms with Crippen LogP contribution >= 0.6 is 12.2 Å². The first-order valence-corrected chi connectivity index (χ1v) is 6.32. The minimum absolute atomic E-state index is 0.758. The summed E-state index contributed by atoms with van der Waals surface area (Å²) in [7, 11) is 0. The second-order valence-electron chi connectivity index (χ2n) is 4.21. The molecular formula is C14H13N3S. The van der Waals surface area contributed by atoms with Crippen molar-refractivity contribution in [2.75, 3.05) is 0 Å². The number of aromatic amines is 1. The van der Waals surface area contributed by atoms with E-state index in [1.807, 2.05) is 18.3 Å². The van der Waals surface area contributed by atoms with Crippen LogP contribution in [0.25, 0.3) is 11.0 Å². The van der Waals surface area contributed by atoms with Crippen LogP contribution < -0.4 is 0 Å². The molecule has 0 amide bonds. The van der Waals surface area contributed by atoms with E-state index in [2.05, 4.69) is 38.8 Å². The summed E-state index contributed by atoms with van der Waals surface area (Å²) >= 11 is 5.35. The summed E-state index contributed by atoms with van der Waals surface area (Å²) in [5.74, 6) is 0. The van der Waals surface area contributed by atoms with E-state index in [-0.39, 0.29) is 0 Å². The van der Waals surface area contributed by atoms with Gasteiger partial charge in [-0.2, -0.15) is 0 Å². The van der Waals surface area contributed by atoms with Crippen LogP contribution in [0.2, 0.25) is 0 Å². The third-order valence-electron chi connectivity index (χ3n) is 3.04. The van der Waals surface area contributed by atoms with Gasteiger partial charge in [-0.25, -0.2) is 0 Å². The van der Waals surface area contributed by atoms with Gasteiger partial charge in [0.15, 0.2) is 4.77 Å². The van der Waals surface area contributed by atoms with Crippen LogP contribution in [0.5, 0.6) is 0 Å². The lowest BCUT2D eigenvalue weighted by molar-refractivity contribution is 0.706. The Morgan fingerprint density at radius 2 is 2.00 bits per heavy atom. The van der Waals surface area contributed by atoms with Gasteiger partial charge in [-0.15, -0.1) is 0 Å². The van der Waals surface area contributed by atoms with Gasteiger partial charge in [-0.1, -0.05) is 30.3 Å². The highest BCUT2D eigenvalue weighted by Crippen LogP contribution is 2.13. The average Bonchev–Trinajstić information content (AvgIpc) is 2.73. The number of aromatic nitrogens is 3. The highest BCUT2D eigenvalue weighted by Gasteiger charge is 2.03. The van der Waals surface area contributed by atoms with Gasteiger partial charge in [0.2, 0.25) is 0 Å². The van der Waals surface area contributed by atoms with Crippen LogP contribution in [0.3, 0.4) is 0 Å². The first-order chi connectivity index (χ1) is 8.84. The maximum absolute atomic E-state index is 5.35. The summed E-state index contributed by atoms with van der Waals surface area (Å²) in [5, 5.41) is 0. The number of nitrogens with one attached hydrogen (secondary N) is 1. The van der Waals surface area contributed by atoms with Gasteiger partial charge in [0.25, 0.3) is 0 Å². The second kappa shape index (κ2) is 4.74. The highest BCUT2D eigenvalue weighted by atomic mass is 32.1. The smallest absolute Gasteiger partial charge is 0.178 e. The van der Waals surface area contributed by atoms with Gasteiger partial charge in [-0.05, 0) is 30.3 Å². The van der Waals surface area contributed by atoms with Crippen LogP contribution in [0.4, 0.5) is 0 Å². The zero-order chi connectivity index (χ0) is 12.4. The van der Waals surface area contributed by atoms with Crippen LogP contribution in [-0.4, -0.2) is 14.5 Å². The predicted octanol–water partition coefficient (Wildman–Crippen LogP) is 3.34.